The molecule has 1 heterocycles. The Hall–Kier alpha value is -0.0800. The summed E-state index contributed by atoms with van der Waals surface area (Å²) in [5.74, 6) is 0. The average Bonchev–Trinajstić information content (AvgIpc) is 2.44. The zero-order valence-corrected chi connectivity index (χ0v) is 10.3. The van der Waals surface area contributed by atoms with Gasteiger partial charge in [0.05, 0.1) is 17.8 Å². The molecule has 0 radical (unpaired) electrons. The highest BCUT2D eigenvalue weighted by molar-refractivity contribution is 4.99. The van der Waals surface area contributed by atoms with Crippen molar-refractivity contribution in [2.45, 2.75) is 77.1 Å². The molecule has 88 valence electrons. The van der Waals surface area contributed by atoms with Gasteiger partial charge in [0.2, 0.25) is 0 Å². The first-order chi connectivity index (χ1) is 6.93. The molecule has 1 saturated heterocycles. The Balaban J connectivity index is 2.08. The smallest absolute Gasteiger partial charge is 0.0890 e. The number of rotatable bonds is 0. The highest BCUT2D eigenvalue weighted by atomic mass is 16.5. The molecular weight excluding hydrogens is 188 g/mol. The molecule has 1 aliphatic heterocycles. The van der Waals surface area contributed by atoms with Crippen molar-refractivity contribution in [2.24, 2.45) is 5.41 Å². The van der Waals surface area contributed by atoms with Gasteiger partial charge < -0.3 is 9.84 Å². The summed E-state index contributed by atoms with van der Waals surface area (Å²) in [5.41, 5.74) is 0.0793. The van der Waals surface area contributed by atoms with Gasteiger partial charge in [0.1, 0.15) is 0 Å². The number of aliphatic hydroxyl groups is 1. The lowest BCUT2D eigenvalue weighted by molar-refractivity contribution is -0.110. The van der Waals surface area contributed by atoms with Crippen LogP contribution in [0.25, 0.3) is 0 Å². The molecule has 2 fully saturated rings. The monoisotopic (exact) mass is 212 g/mol. The minimum absolute atomic E-state index is 0.0234. The molecule has 2 rings (SSSR count). The van der Waals surface area contributed by atoms with Crippen molar-refractivity contribution in [1.82, 2.24) is 0 Å². The lowest BCUT2D eigenvalue weighted by Crippen LogP contribution is -2.37. The summed E-state index contributed by atoms with van der Waals surface area (Å²) < 4.78 is 6.22. The van der Waals surface area contributed by atoms with Gasteiger partial charge >= 0.3 is 0 Å². The molecule has 1 spiro atoms. The quantitative estimate of drug-likeness (QED) is 0.669. The van der Waals surface area contributed by atoms with Crippen molar-refractivity contribution in [3.05, 3.63) is 0 Å². The molecule has 0 aromatic heterocycles. The molecule has 15 heavy (non-hydrogen) atoms. The van der Waals surface area contributed by atoms with Crippen LogP contribution in [0.4, 0.5) is 0 Å². The Morgan fingerprint density at radius 1 is 1.13 bits per heavy atom. The minimum atomic E-state index is -0.261. The van der Waals surface area contributed by atoms with Crippen LogP contribution in [-0.4, -0.2) is 22.9 Å². The molecule has 1 aliphatic carbocycles. The zero-order valence-electron chi connectivity index (χ0n) is 10.3. The van der Waals surface area contributed by atoms with Crippen molar-refractivity contribution in [3.8, 4) is 0 Å². The maximum Gasteiger partial charge on any atom is 0.0890 e. The maximum atomic E-state index is 10.1. The fraction of sp³-hybridized carbons (Fsp3) is 1.00. The van der Waals surface area contributed by atoms with E-state index in [1.807, 2.05) is 0 Å². The Morgan fingerprint density at radius 2 is 1.73 bits per heavy atom. The molecule has 1 saturated carbocycles. The van der Waals surface area contributed by atoms with E-state index in [1.165, 1.54) is 19.3 Å². The first-order valence-electron chi connectivity index (χ1n) is 6.29. The number of ether oxygens (including phenoxy) is 1. The summed E-state index contributed by atoms with van der Waals surface area (Å²) >= 11 is 0. The van der Waals surface area contributed by atoms with Crippen LogP contribution in [0.2, 0.25) is 0 Å². The van der Waals surface area contributed by atoms with Crippen molar-refractivity contribution < 1.29 is 9.84 Å². The van der Waals surface area contributed by atoms with Crippen LogP contribution in [0.3, 0.4) is 0 Å². The molecule has 2 nitrogen and oxygen atoms in total. The van der Waals surface area contributed by atoms with E-state index in [1.54, 1.807) is 0 Å². The SMILES string of the molecule is CC(C)(C)C1OC2(CCCCC2)CC1O. The Labute approximate surface area is 93.0 Å². The van der Waals surface area contributed by atoms with Crippen LogP contribution in [0.5, 0.6) is 0 Å². The standard InChI is InChI=1S/C13H24O2/c1-12(2,3)11-10(14)9-13(15-11)7-5-4-6-8-13/h10-11,14H,4-9H2,1-3H3. The van der Waals surface area contributed by atoms with Gasteiger partial charge in [-0.05, 0) is 18.3 Å². The third-order valence-corrected chi connectivity index (χ3v) is 3.93. The lowest BCUT2D eigenvalue weighted by Gasteiger charge is -2.35. The molecule has 1 N–H and O–H groups in total. The molecule has 0 aromatic rings. The van der Waals surface area contributed by atoms with Crippen LogP contribution < -0.4 is 0 Å². The number of hydrogen-bond acceptors (Lipinski definition) is 2. The van der Waals surface area contributed by atoms with E-state index in [4.69, 9.17) is 4.74 Å². The minimum Gasteiger partial charge on any atom is -0.390 e. The summed E-state index contributed by atoms with van der Waals surface area (Å²) in [6.45, 7) is 6.47. The largest absolute Gasteiger partial charge is 0.390 e. The van der Waals surface area contributed by atoms with Crippen LogP contribution >= 0.6 is 0 Å². The Morgan fingerprint density at radius 3 is 2.20 bits per heavy atom. The summed E-state index contributed by atoms with van der Waals surface area (Å²) in [6, 6.07) is 0. The third kappa shape index (κ3) is 2.21. The van der Waals surface area contributed by atoms with Gasteiger partial charge in [-0.25, -0.2) is 0 Å². The normalized spacial score (nSPS) is 36.0. The first-order valence-corrected chi connectivity index (χ1v) is 6.29. The average molecular weight is 212 g/mol. The van der Waals surface area contributed by atoms with Crippen LogP contribution in [0.15, 0.2) is 0 Å². The van der Waals surface area contributed by atoms with Gasteiger partial charge in [0.25, 0.3) is 0 Å². The van der Waals surface area contributed by atoms with Crippen LogP contribution in [0.1, 0.15) is 59.3 Å². The van der Waals surface area contributed by atoms with Crippen LogP contribution in [-0.2, 0) is 4.74 Å². The number of hydrogen-bond donors (Lipinski definition) is 1. The highest BCUT2D eigenvalue weighted by Crippen LogP contribution is 2.46. The van der Waals surface area contributed by atoms with E-state index >= 15 is 0 Å². The summed E-state index contributed by atoms with van der Waals surface area (Å²) in [4.78, 5) is 0. The molecule has 2 aliphatic rings. The van der Waals surface area contributed by atoms with Gasteiger partial charge in [-0.15, -0.1) is 0 Å². The second-order valence-electron chi connectivity index (χ2n) is 6.42. The van der Waals surface area contributed by atoms with E-state index in [2.05, 4.69) is 20.8 Å². The van der Waals surface area contributed by atoms with E-state index in [-0.39, 0.29) is 23.2 Å². The van der Waals surface area contributed by atoms with Gasteiger partial charge in [0, 0.05) is 6.42 Å². The van der Waals surface area contributed by atoms with Crippen molar-refractivity contribution in [3.63, 3.8) is 0 Å². The van der Waals surface area contributed by atoms with E-state index in [0.29, 0.717) is 0 Å². The molecule has 2 unspecified atom stereocenters. The summed E-state index contributed by atoms with van der Waals surface area (Å²) in [5, 5.41) is 10.1. The van der Waals surface area contributed by atoms with E-state index in [0.717, 1.165) is 19.3 Å². The topological polar surface area (TPSA) is 29.5 Å². The Bertz CT molecular complexity index is 223. The predicted octanol–water partition coefficient (Wildman–Crippen LogP) is 2.89. The maximum absolute atomic E-state index is 10.1. The molecular formula is C13H24O2. The van der Waals surface area contributed by atoms with Crippen molar-refractivity contribution >= 4 is 0 Å². The van der Waals surface area contributed by atoms with Gasteiger partial charge in [-0.3, -0.25) is 0 Å². The second kappa shape index (κ2) is 3.74. The van der Waals surface area contributed by atoms with Crippen LogP contribution in [0, 0.1) is 5.41 Å². The molecule has 0 bridgehead atoms. The lowest BCUT2D eigenvalue weighted by atomic mass is 9.81. The fourth-order valence-corrected chi connectivity index (χ4v) is 3.16. The predicted molar refractivity (Wildman–Crippen MR) is 60.8 cm³/mol. The molecule has 0 amide bonds. The first kappa shape index (κ1) is 11.4. The van der Waals surface area contributed by atoms with E-state index < -0.39 is 0 Å². The van der Waals surface area contributed by atoms with Crippen molar-refractivity contribution in [2.75, 3.05) is 0 Å². The van der Waals surface area contributed by atoms with Gasteiger partial charge in [0.15, 0.2) is 0 Å². The van der Waals surface area contributed by atoms with Gasteiger partial charge in [-0.1, -0.05) is 40.0 Å². The summed E-state index contributed by atoms with van der Waals surface area (Å²) in [6.07, 6.45) is 6.79. The molecule has 2 heteroatoms. The third-order valence-electron chi connectivity index (χ3n) is 3.93. The Kier molecular flexibility index (Phi) is 2.85. The number of aliphatic hydroxyl groups excluding tert-OH is 1. The fourth-order valence-electron chi connectivity index (χ4n) is 3.16. The molecule has 2 atom stereocenters. The second-order valence-corrected chi connectivity index (χ2v) is 6.42. The van der Waals surface area contributed by atoms with Gasteiger partial charge in [-0.2, -0.15) is 0 Å². The summed E-state index contributed by atoms with van der Waals surface area (Å²) in [7, 11) is 0. The van der Waals surface area contributed by atoms with E-state index in [9.17, 15) is 5.11 Å². The molecule has 0 aromatic carbocycles. The highest BCUT2D eigenvalue weighted by Gasteiger charge is 2.49. The zero-order chi connectivity index (χ0) is 11.1. The van der Waals surface area contributed by atoms with Crippen molar-refractivity contribution in [1.29, 1.82) is 0 Å².